The Morgan fingerprint density at radius 1 is 1.11 bits per heavy atom. The highest BCUT2D eigenvalue weighted by molar-refractivity contribution is 5.99. The van der Waals surface area contributed by atoms with Gasteiger partial charge in [0.2, 0.25) is 0 Å². The predicted octanol–water partition coefficient (Wildman–Crippen LogP) is 4.00. The van der Waals surface area contributed by atoms with Crippen molar-refractivity contribution in [3.8, 4) is 5.75 Å². The van der Waals surface area contributed by atoms with Crippen LogP contribution in [0, 0.1) is 19.8 Å². The van der Waals surface area contributed by atoms with E-state index in [-0.39, 0.29) is 23.2 Å². The number of ketones is 2. The number of rotatable bonds is 7. The lowest BCUT2D eigenvalue weighted by atomic mass is 9.88. The molecule has 150 valence electrons. The second-order valence-electron chi connectivity index (χ2n) is 7.82. The number of nitrogens with zero attached hydrogens (tertiary/aromatic N) is 2. The van der Waals surface area contributed by atoms with Gasteiger partial charge < -0.3 is 9.67 Å². The fourth-order valence-electron chi connectivity index (χ4n) is 4.15. The van der Waals surface area contributed by atoms with E-state index in [1.54, 1.807) is 24.3 Å². The first-order valence-corrected chi connectivity index (χ1v) is 10.2. The molecule has 0 radical (unpaired) electrons. The van der Waals surface area contributed by atoms with Crippen molar-refractivity contribution in [3.05, 3.63) is 52.8 Å². The largest absolute Gasteiger partial charge is 0.508 e. The normalized spacial score (nSPS) is 15.7. The van der Waals surface area contributed by atoms with Crippen molar-refractivity contribution < 1.29 is 14.7 Å². The summed E-state index contributed by atoms with van der Waals surface area (Å²) in [5, 5.41) is 9.38. The Labute approximate surface area is 167 Å². The Kier molecular flexibility index (Phi) is 6.35. The van der Waals surface area contributed by atoms with Crippen LogP contribution in [0.1, 0.15) is 58.3 Å². The summed E-state index contributed by atoms with van der Waals surface area (Å²) in [6.45, 7) is 9.09. The predicted molar refractivity (Wildman–Crippen MR) is 110 cm³/mol. The molecule has 2 aromatic rings. The molecule has 0 saturated carbocycles. The summed E-state index contributed by atoms with van der Waals surface area (Å²) >= 11 is 0. The smallest absolute Gasteiger partial charge is 0.178 e. The van der Waals surface area contributed by atoms with Gasteiger partial charge in [-0.1, -0.05) is 6.92 Å². The molecule has 1 fully saturated rings. The molecule has 2 heterocycles. The minimum Gasteiger partial charge on any atom is -0.508 e. The van der Waals surface area contributed by atoms with E-state index in [0.717, 1.165) is 55.8 Å². The highest BCUT2D eigenvalue weighted by atomic mass is 16.3. The fraction of sp³-hybridized carbons (Fsp3) is 0.478. The van der Waals surface area contributed by atoms with Gasteiger partial charge in [-0.05, 0) is 76.5 Å². The highest BCUT2D eigenvalue weighted by Crippen LogP contribution is 2.24. The van der Waals surface area contributed by atoms with Crippen LogP contribution in [0.25, 0.3) is 0 Å². The quantitative estimate of drug-likeness (QED) is 0.735. The molecule has 0 amide bonds. The van der Waals surface area contributed by atoms with Crippen LogP contribution in [-0.4, -0.2) is 45.8 Å². The molecular formula is C23H30N2O3. The maximum absolute atomic E-state index is 12.8. The number of phenolic OH excluding ortho intramolecular Hbond substituents is 1. The maximum Gasteiger partial charge on any atom is 0.178 e. The fourth-order valence-corrected chi connectivity index (χ4v) is 4.15. The zero-order valence-electron chi connectivity index (χ0n) is 17.1. The van der Waals surface area contributed by atoms with Crippen molar-refractivity contribution in [2.24, 2.45) is 5.92 Å². The van der Waals surface area contributed by atoms with Crippen LogP contribution in [-0.2, 0) is 6.54 Å². The Bertz CT molecular complexity index is 843. The Balaban J connectivity index is 1.57. The molecule has 3 rings (SSSR count). The Morgan fingerprint density at radius 2 is 1.75 bits per heavy atom. The lowest BCUT2D eigenvalue weighted by molar-refractivity contribution is 0.0805. The second-order valence-corrected chi connectivity index (χ2v) is 7.82. The third-order valence-electron chi connectivity index (χ3n) is 5.80. The monoisotopic (exact) mass is 382 g/mol. The van der Waals surface area contributed by atoms with Crippen LogP contribution < -0.4 is 0 Å². The summed E-state index contributed by atoms with van der Waals surface area (Å²) in [7, 11) is 0. The van der Waals surface area contributed by atoms with E-state index < -0.39 is 0 Å². The number of likely N-dealkylation sites (tertiary alicyclic amines) is 1. The Hall–Kier alpha value is -2.40. The zero-order valence-corrected chi connectivity index (χ0v) is 17.1. The molecule has 5 heteroatoms. The molecular weight excluding hydrogens is 352 g/mol. The number of aryl methyl sites for hydroxylation is 1. The maximum atomic E-state index is 12.8. The van der Waals surface area contributed by atoms with Crippen molar-refractivity contribution in [2.45, 2.75) is 46.6 Å². The van der Waals surface area contributed by atoms with E-state index >= 15 is 0 Å². The number of hydrogen-bond donors (Lipinski definition) is 1. The summed E-state index contributed by atoms with van der Waals surface area (Å²) < 4.78 is 2.22. The van der Waals surface area contributed by atoms with Crippen LogP contribution in [0.15, 0.2) is 30.3 Å². The van der Waals surface area contributed by atoms with Gasteiger partial charge in [0.1, 0.15) is 5.75 Å². The topological polar surface area (TPSA) is 62.5 Å². The van der Waals surface area contributed by atoms with Gasteiger partial charge in [-0.15, -0.1) is 0 Å². The first-order chi connectivity index (χ1) is 13.4. The molecule has 1 N–H and O–H groups in total. The number of phenols is 1. The van der Waals surface area contributed by atoms with Crippen molar-refractivity contribution in [1.29, 1.82) is 0 Å². The number of carbonyl (C=O) groups is 2. The van der Waals surface area contributed by atoms with E-state index in [2.05, 4.69) is 23.3 Å². The number of Topliss-reactive ketones (excluding diaryl/α,β-unsaturated/α-hetero) is 2. The van der Waals surface area contributed by atoms with Crippen LogP contribution in [0.3, 0.4) is 0 Å². The summed E-state index contributed by atoms with van der Waals surface area (Å²) in [6.07, 6.45) is 2.58. The summed E-state index contributed by atoms with van der Waals surface area (Å²) in [4.78, 5) is 27.6. The average Bonchev–Trinajstić information content (AvgIpc) is 2.97. The second kappa shape index (κ2) is 8.74. The van der Waals surface area contributed by atoms with Crippen LogP contribution in [0.2, 0.25) is 0 Å². The number of hydrogen-bond acceptors (Lipinski definition) is 4. The van der Waals surface area contributed by atoms with Crippen molar-refractivity contribution in [3.63, 3.8) is 0 Å². The van der Waals surface area contributed by atoms with Crippen LogP contribution >= 0.6 is 0 Å². The molecule has 0 atom stereocenters. The van der Waals surface area contributed by atoms with Gasteiger partial charge in [-0.3, -0.25) is 14.5 Å². The molecule has 1 aliphatic heterocycles. The van der Waals surface area contributed by atoms with Gasteiger partial charge in [0.25, 0.3) is 0 Å². The third-order valence-corrected chi connectivity index (χ3v) is 5.80. The van der Waals surface area contributed by atoms with Crippen molar-refractivity contribution >= 4 is 11.6 Å². The molecule has 28 heavy (non-hydrogen) atoms. The van der Waals surface area contributed by atoms with Gasteiger partial charge in [-0.25, -0.2) is 0 Å². The molecule has 0 unspecified atom stereocenters. The summed E-state index contributed by atoms with van der Waals surface area (Å²) in [5.41, 5.74) is 3.67. The standard InChI is InChI=1S/C23H30N2O3/c1-4-11-25-16(2)14-21(17(25)3)22(27)15-24-12-9-19(10-13-24)23(28)18-5-7-20(26)8-6-18/h5-8,14,19,26H,4,9-13,15H2,1-3H3. The highest BCUT2D eigenvalue weighted by Gasteiger charge is 2.27. The van der Waals surface area contributed by atoms with Gasteiger partial charge in [0.05, 0.1) is 6.54 Å². The molecule has 0 bridgehead atoms. The molecule has 5 nitrogen and oxygen atoms in total. The average molecular weight is 383 g/mol. The molecule has 1 saturated heterocycles. The van der Waals surface area contributed by atoms with Gasteiger partial charge in [0.15, 0.2) is 11.6 Å². The van der Waals surface area contributed by atoms with Gasteiger partial charge in [-0.2, -0.15) is 0 Å². The van der Waals surface area contributed by atoms with Crippen molar-refractivity contribution in [2.75, 3.05) is 19.6 Å². The number of aromatic nitrogens is 1. The number of piperidine rings is 1. The van der Waals surface area contributed by atoms with E-state index in [0.29, 0.717) is 12.1 Å². The number of benzene rings is 1. The van der Waals surface area contributed by atoms with E-state index in [1.165, 1.54) is 0 Å². The molecule has 0 spiro atoms. The van der Waals surface area contributed by atoms with Crippen LogP contribution in [0.4, 0.5) is 0 Å². The molecule has 1 aromatic heterocycles. The van der Waals surface area contributed by atoms with Crippen molar-refractivity contribution in [1.82, 2.24) is 9.47 Å². The Morgan fingerprint density at radius 3 is 2.36 bits per heavy atom. The van der Waals surface area contributed by atoms with Gasteiger partial charge >= 0.3 is 0 Å². The molecule has 1 aliphatic rings. The third kappa shape index (κ3) is 4.36. The summed E-state index contributed by atoms with van der Waals surface area (Å²) in [6, 6.07) is 8.47. The minimum atomic E-state index is -0.00878. The van der Waals surface area contributed by atoms with E-state index in [4.69, 9.17) is 0 Å². The SMILES string of the molecule is CCCn1c(C)cc(C(=O)CN2CCC(C(=O)c3ccc(O)cc3)CC2)c1C. The minimum absolute atomic E-state index is 0.00878. The molecule has 0 aliphatic carbocycles. The van der Waals surface area contributed by atoms with Gasteiger partial charge in [0, 0.05) is 35.0 Å². The number of carbonyl (C=O) groups excluding carboxylic acids is 2. The first-order valence-electron chi connectivity index (χ1n) is 10.2. The zero-order chi connectivity index (χ0) is 20.3. The summed E-state index contributed by atoms with van der Waals surface area (Å²) in [5.74, 6) is 0.460. The van der Waals surface area contributed by atoms with E-state index in [1.807, 2.05) is 13.0 Å². The van der Waals surface area contributed by atoms with E-state index in [9.17, 15) is 14.7 Å². The number of aromatic hydroxyl groups is 1. The first kappa shape index (κ1) is 20.3. The lowest BCUT2D eigenvalue weighted by Crippen LogP contribution is -2.39. The van der Waals surface area contributed by atoms with Crippen LogP contribution in [0.5, 0.6) is 5.75 Å². The molecule has 1 aromatic carbocycles. The lowest BCUT2D eigenvalue weighted by Gasteiger charge is -2.30.